The lowest BCUT2D eigenvalue weighted by atomic mass is 10.4. The minimum atomic E-state index is -4.81. The molecule has 2 rings (SSSR count). The molecular formula is C10H6Cl4F3N7. The molecule has 0 aliphatic heterocycles. The van der Waals surface area contributed by atoms with Crippen LogP contribution in [0.1, 0.15) is 5.82 Å². The zero-order valence-electron chi connectivity index (χ0n) is 11.5. The molecule has 0 unspecified atom stereocenters. The number of anilines is 1. The molecule has 2 aromatic rings. The molecule has 0 radical (unpaired) electrons. The van der Waals surface area contributed by atoms with Crippen LogP contribution in [0.3, 0.4) is 0 Å². The predicted molar refractivity (Wildman–Crippen MR) is 83.6 cm³/mol. The third kappa shape index (κ3) is 4.38. The summed E-state index contributed by atoms with van der Waals surface area (Å²) >= 11 is 23.2. The van der Waals surface area contributed by atoms with E-state index in [1.54, 1.807) is 6.07 Å². The van der Waals surface area contributed by atoms with E-state index >= 15 is 0 Å². The fourth-order valence-corrected chi connectivity index (χ4v) is 2.02. The van der Waals surface area contributed by atoms with Gasteiger partial charge in [0.05, 0.1) is 5.02 Å². The van der Waals surface area contributed by atoms with E-state index in [9.17, 15) is 13.2 Å². The first kappa shape index (κ1) is 19.0. The van der Waals surface area contributed by atoms with Crippen LogP contribution in [0.4, 0.5) is 19.0 Å². The Morgan fingerprint density at radius 2 is 1.96 bits per heavy atom. The number of pyridine rings is 1. The number of tetrazole rings is 1. The molecule has 14 heteroatoms. The maximum atomic E-state index is 12.6. The highest BCUT2D eigenvalue weighted by molar-refractivity contribution is 6.76. The zero-order chi connectivity index (χ0) is 18.1. The van der Waals surface area contributed by atoms with Crippen molar-refractivity contribution in [3.05, 3.63) is 29.2 Å². The molecule has 0 fully saturated rings. The van der Waals surface area contributed by atoms with E-state index in [1.165, 1.54) is 19.3 Å². The van der Waals surface area contributed by atoms with Crippen molar-refractivity contribution in [2.24, 2.45) is 5.10 Å². The molecule has 2 heterocycles. The summed E-state index contributed by atoms with van der Waals surface area (Å²) in [5.41, 5.74) is 0. The Hall–Kier alpha value is -1.36. The van der Waals surface area contributed by atoms with Gasteiger partial charge >= 0.3 is 6.18 Å². The number of alkyl halides is 6. The molecule has 0 aliphatic rings. The lowest BCUT2D eigenvalue weighted by molar-refractivity contribution is -0.145. The quantitative estimate of drug-likeness (QED) is 0.321. The van der Waals surface area contributed by atoms with Gasteiger partial charge in [0.25, 0.3) is 9.62 Å². The van der Waals surface area contributed by atoms with Crippen molar-refractivity contribution in [2.45, 2.75) is 9.97 Å². The minimum Gasteiger partial charge on any atom is -0.248 e. The number of hydrazone groups is 1. The van der Waals surface area contributed by atoms with E-state index in [0.29, 0.717) is 4.80 Å². The minimum absolute atomic E-state index is 0.169. The number of aromatic nitrogens is 5. The van der Waals surface area contributed by atoms with Crippen molar-refractivity contribution < 1.29 is 13.2 Å². The molecular weight excluding hydrogens is 417 g/mol. The summed E-state index contributed by atoms with van der Waals surface area (Å²) in [7, 11) is 1.40. The van der Waals surface area contributed by atoms with Crippen molar-refractivity contribution in [3.8, 4) is 0 Å². The van der Waals surface area contributed by atoms with Crippen LogP contribution in [0.15, 0.2) is 23.4 Å². The van der Waals surface area contributed by atoms with Crippen molar-refractivity contribution in [3.63, 3.8) is 0 Å². The van der Waals surface area contributed by atoms with Crippen LogP contribution in [-0.2, 0) is 6.18 Å². The Labute approximate surface area is 152 Å². The third-order valence-electron chi connectivity index (χ3n) is 2.40. The van der Waals surface area contributed by atoms with Crippen LogP contribution < -0.4 is 5.01 Å². The van der Waals surface area contributed by atoms with Gasteiger partial charge in [-0.05, 0) is 17.3 Å². The Morgan fingerprint density at radius 3 is 2.46 bits per heavy atom. The molecule has 0 aromatic carbocycles. The summed E-state index contributed by atoms with van der Waals surface area (Å²) in [5.74, 6) is -1.90. The molecule has 0 bridgehead atoms. The molecule has 0 spiro atoms. The van der Waals surface area contributed by atoms with Gasteiger partial charge in [0.15, 0.2) is 5.82 Å². The molecule has 7 nitrogen and oxygen atoms in total. The fraction of sp³-hybridized carbons (Fsp3) is 0.300. The second-order valence-electron chi connectivity index (χ2n) is 4.15. The summed E-state index contributed by atoms with van der Waals surface area (Å²) in [4.78, 5) is 4.33. The van der Waals surface area contributed by atoms with Crippen LogP contribution in [0, 0.1) is 0 Å². The molecule has 0 N–H and O–H groups in total. The third-order valence-corrected chi connectivity index (χ3v) is 3.20. The van der Waals surface area contributed by atoms with Crippen molar-refractivity contribution in [2.75, 3.05) is 12.1 Å². The lowest BCUT2D eigenvalue weighted by Crippen LogP contribution is -2.33. The van der Waals surface area contributed by atoms with Gasteiger partial charge in [0, 0.05) is 13.2 Å². The first-order valence-corrected chi connectivity index (χ1v) is 7.39. The van der Waals surface area contributed by atoms with Gasteiger partial charge in [-0.3, -0.25) is 0 Å². The molecule has 0 saturated heterocycles. The van der Waals surface area contributed by atoms with Crippen molar-refractivity contribution in [1.29, 1.82) is 0 Å². The molecule has 130 valence electrons. The van der Waals surface area contributed by atoms with E-state index in [-0.39, 0.29) is 10.8 Å². The van der Waals surface area contributed by atoms with E-state index in [0.717, 1.165) is 5.01 Å². The first-order chi connectivity index (χ1) is 11.0. The maximum absolute atomic E-state index is 12.6. The number of rotatable bonds is 2. The number of hydrogen-bond donors (Lipinski definition) is 0. The van der Waals surface area contributed by atoms with Gasteiger partial charge in [-0.1, -0.05) is 46.4 Å². The van der Waals surface area contributed by atoms with E-state index in [1.807, 2.05) is 0 Å². The molecule has 0 saturated carbocycles. The molecule has 24 heavy (non-hydrogen) atoms. The fourth-order valence-electron chi connectivity index (χ4n) is 1.43. The largest absolute Gasteiger partial charge is 0.455 e. The molecule has 0 atom stereocenters. The van der Waals surface area contributed by atoms with Gasteiger partial charge < -0.3 is 0 Å². The topological polar surface area (TPSA) is 72.1 Å². The Balaban J connectivity index is 2.46. The van der Waals surface area contributed by atoms with Gasteiger partial charge in [-0.25, -0.2) is 9.99 Å². The van der Waals surface area contributed by atoms with Crippen LogP contribution in [0.25, 0.3) is 0 Å². The lowest BCUT2D eigenvalue weighted by Gasteiger charge is -2.18. The van der Waals surface area contributed by atoms with Crippen molar-refractivity contribution >= 4 is 58.1 Å². The zero-order valence-corrected chi connectivity index (χ0v) is 14.5. The number of halogens is 7. The average Bonchev–Trinajstić information content (AvgIpc) is 2.93. The van der Waals surface area contributed by atoms with Crippen LogP contribution >= 0.6 is 46.4 Å². The maximum Gasteiger partial charge on any atom is 0.455 e. The van der Waals surface area contributed by atoms with Crippen LogP contribution in [0.2, 0.25) is 5.02 Å². The van der Waals surface area contributed by atoms with Crippen LogP contribution in [0.5, 0.6) is 0 Å². The summed E-state index contributed by atoms with van der Waals surface area (Å²) in [6.07, 6.45) is -3.38. The smallest absolute Gasteiger partial charge is 0.248 e. The summed E-state index contributed by atoms with van der Waals surface area (Å²) < 4.78 is 35.5. The van der Waals surface area contributed by atoms with Crippen LogP contribution in [-0.4, -0.2) is 41.9 Å². The Kier molecular flexibility index (Phi) is 5.43. The molecule has 0 amide bonds. The summed E-state index contributed by atoms with van der Waals surface area (Å²) in [6, 6.07) is 3.11. The van der Waals surface area contributed by atoms with E-state index in [2.05, 4.69) is 25.5 Å². The highest BCUT2D eigenvalue weighted by Gasteiger charge is 2.39. The highest BCUT2D eigenvalue weighted by Crippen LogP contribution is 2.31. The van der Waals surface area contributed by atoms with Gasteiger partial charge in [0.2, 0.25) is 5.84 Å². The Bertz CT molecular complexity index is 755. The van der Waals surface area contributed by atoms with E-state index in [4.69, 9.17) is 46.4 Å². The summed E-state index contributed by atoms with van der Waals surface area (Å²) in [5, 5.41) is 14.4. The highest BCUT2D eigenvalue weighted by atomic mass is 35.6. The van der Waals surface area contributed by atoms with Crippen molar-refractivity contribution in [1.82, 2.24) is 25.2 Å². The van der Waals surface area contributed by atoms with Gasteiger partial charge in [-0.15, -0.1) is 20.1 Å². The average molecular weight is 423 g/mol. The predicted octanol–water partition coefficient (Wildman–Crippen LogP) is 3.41. The van der Waals surface area contributed by atoms with E-state index < -0.39 is 21.6 Å². The monoisotopic (exact) mass is 421 g/mol. The molecule has 2 aromatic heterocycles. The summed E-state index contributed by atoms with van der Waals surface area (Å²) in [6.45, 7) is 0. The van der Waals surface area contributed by atoms with Gasteiger partial charge in [0.1, 0.15) is 0 Å². The molecule has 0 aliphatic carbocycles. The number of hydrogen-bond acceptors (Lipinski definition) is 6. The first-order valence-electron chi connectivity index (χ1n) is 5.88. The standard InChI is InChI=1S/C10H6Cl4F3N7/c1-23(6-5(11)3-2-4-18-6)21-8(9(12,13)14)24-20-7(19-22-24)10(15,16)17/h2-4H,1H3/b21-8+. The SMILES string of the molecule is CN(/N=C(/n1nnc(C(F)(F)F)n1)C(Cl)(Cl)Cl)c1ncccc1Cl. The Morgan fingerprint density at radius 1 is 1.29 bits per heavy atom. The second kappa shape index (κ2) is 6.87. The number of nitrogens with zero attached hydrogens (tertiary/aromatic N) is 7. The normalized spacial score (nSPS) is 13.2. The van der Waals surface area contributed by atoms with Gasteiger partial charge in [-0.2, -0.15) is 13.2 Å². The second-order valence-corrected chi connectivity index (χ2v) is 6.84.